The molecule has 0 saturated heterocycles. The predicted molar refractivity (Wildman–Crippen MR) is 110 cm³/mol. The van der Waals surface area contributed by atoms with E-state index in [4.69, 9.17) is 0 Å². The summed E-state index contributed by atoms with van der Waals surface area (Å²) in [4.78, 5) is 12.0. The Morgan fingerprint density at radius 2 is 1.85 bits per heavy atom. The van der Waals surface area contributed by atoms with Crippen molar-refractivity contribution in [3.63, 3.8) is 0 Å². The van der Waals surface area contributed by atoms with Crippen LogP contribution in [0.3, 0.4) is 0 Å². The zero-order valence-electron chi connectivity index (χ0n) is 15.9. The highest BCUT2D eigenvalue weighted by molar-refractivity contribution is 9.10. The lowest BCUT2D eigenvalue weighted by Gasteiger charge is -2.52. The lowest BCUT2D eigenvalue weighted by atomic mass is 9.53. The van der Waals surface area contributed by atoms with Crippen LogP contribution in [0.1, 0.15) is 63.4 Å². The zero-order valence-corrected chi connectivity index (χ0v) is 17.5. The first-order valence-corrected chi connectivity index (χ1v) is 11.2. The van der Waals surface area contributed by atoms with Gasteiger partial charge in [-0.05, 0) is 90.7 Å². The van der Waals surface area contributed by atoms with E-state index in [0.29, 0.717) is 30.0 Å². The summed E-state index contributed by atoms with van der Waals surface area (Å²) in [5, 5.41) is 10.9. The lowest BCUT2D eigenvalue weighted by molar-refractivity contribution is -0.114. The van der Waals surface area contributed by atoms with E-state index in [1.165, 1.54) is 16.7 Å². The van der Waals surface area contributed by atoms with Crippen molar-refractivity contribution >= 4 is 21.7 Å². The third-order valence-electron chi connectivity index (χ3n) is 7.95. The highest BCUT2D eigenvalue weighted by Crippen LogP contribution is 2.63. The smallest absolute Gasteiger partial charge is 0.156 e. The standard InChI is InChI=1S/C24H27BrO2/c1-24-13-20(14-2-5-16(25)6-3-14)23-18-9-7-17(26)12-15(18)4-8-19(23)21(24)10-11-22(24)27/h2-3,5-6,12,19-22,27H,4,7-11,13H2,1H3. The van der Waals surface area contributed by atoms with Crippen LogP contribution in [0.5, 0.6) is 0 Å². The highest BCUT2D eigenvalue weighted by Gasteiger charge is 2.56. The van der Waals surface area contributed by atoms with Crippen LogP contribution in [-0.4, -0.2) is 17.0 Å². The molecule has 1 N–H and O–H groups in total. The average molecular weight is 427 g/mol. The normalized spacial score (nSPS) is 38.2. The van der Waals surface area contributed by atoms with E-state index in [1.807, 2.05) is 6.08 Å². The Hall–Kier alpha value is -1.19. The van der Waals surface area contributed by atoms with E-state index < -0.39 is 0 Å². The number of fused-ring (bicyclic) bond motifs is 4. The number of halogens is 1. The molecule has 1 aromatic rings. The number of carbonyl (C=O) groups excluding carboxylic acids is 1. The molecule has 4 aliphatic rings. The summed E-state index contributed by atoms with van der Waals surface area (Å²) in [7, 11) is 0. The number of hydrogen-bond acceptors (Lipinski definition) is 2. The predicted octanol–water partition coefficient (Wildman–Crippen LogP) is 5.71. The molecule has 5 atom stereocenters. The fourth-order valence-corrected chi connectivity index (χ4v) is 6.89. The Bertz CT molecular complexity index is 850. The van der Waals surface area contributed by atoms with Gasteiger partial charge in [-0.3, -0.25) is 4.79 Å². The van der Waals surface area contributed by atoms with Crippen LogP contribution in [0.25, 0.3) is 0 Å². The van der Waals surface area contributed by atoms with Gasteiger partial charge in [-0.25, -0.2) is 0 Å². The molecule has 4 aliphatic carbocycles. The molecule has 2 saturated carbocycles. The Labute approximate surface area is 169 Å². The van der Waals surface area contributed by atoms with Crippen molar-refractivity contribution in [3.8, 4) is 0 Å². The van der Waals surface area contributed by atoms with Crippen molar-refractivity contribution in [1.82, 2.24) is 0 Å². The van der Waals surface area contributed by atoms with Crippen LogP contribution in [0, 0.1) is 17.3 Å². The van der Waals surface area contributed by atoms with Crippen molar-refractivity contribution < 1.29 is 9.90 Å². The maximum absolute atomic E-state index is 12.0. The Kier molecular flexibility index (Phi) is 4.25. The topological polar surface area (TPSA) is 37.3 Å². The van der Waals surface area contributed by atoms with Gasteiger partial charge in [-0.2, -0.15) is 0 Å². The third-order valence-corrected chi connectivity index (χ3v) is 8.48. The molecule has 0 amide bonds. The maximum atomic E-state index is 12.0. The largest absolute Gasteiger partial charge is 0.393 e. The average Bonchev–Trinajstić information content (AvgIpc) is 2.96. The van der Waals surface area contributed by atoms with E-state index in [-0.39, 0.29) is 11.5 Å². The second kappa shape index (κ2) is 6.42. The van der Waals surface area contributed by atoms with Crippen molar-refractivity contribution in [2.45, 2.75) is 63.9 Å². The molecule has 0 heterocycles. The number of benzene rings is 1. The molecule has 0 spiro atoms. The highest BCUT2D eigenvalue weighted by atomic mass is 79.9. The molecular formula is C24H27BrO2. The Balaban J connectivity index is 1.68. The molecule has 1 aromatic carbocycles. The monoisotopic (exact) mass is 426 g/mol. The number of carbonyl (C=O) groups is 1. The minimum Gasteiger partial charge on any atom is -0.393 e. The van der Waals surface area contributed by atoms with Crippen molar-refractivity contribution in [2.24, 2.45) is 17.3 Å². The summed E-state index contributed by atoms with van der Waals surface area (Å²) in [6, 6.07) is 8.77. The molecule has 27 heavy (non-hydrogen) atoms. The molecule has 0 radical (unpaired) electrons. The second-order valence-corrected chi connectivity index (χ2v) is 10.1. The summed E-state index contributed by atoms with van der Waals surface area (Å²) in [5.74, 6) is 1.81. The first kappa shape index (κ1) is 17.9. The third kappa shape index (κ3) is 2.73. The number of hydrogen-bond donors (Lipinski definition) is 1. The van der Waals surface area contributed by atoms with Crippen LogP contribution in [-0.2, 0) is 4.79 Å². The molecule has 0 aromatic heterocycles. The molecule has 3 heteroatoms. The maximum Gasteiger partial charge on any atom is 0.156 e. The van der Waals surface area contributed by atoms with Crippen LogP contribution < -0.4 is 0 Å². The summed E-state index contributed by atoms with van der Waals surface area (Å²) < 4.78 is 1.11. The van der Waals surface area contributed by atoms with Gasteiger partial charge in [0.05, 0.1) is 6.10 Å². The minimum atomic E-state index is -0.183. The van der Waals surface area contributed by atoms with Gasteiger partial charge in [-0.1, -0.05) is 40.6 Å². The molecule has 142 valence electrons. The van der Waals surface area contributed by atoms with Crippen LogP contribution in [0.2, 0.25) is 0 Å². The number of ketones is 1. The van der Waals surface area contributed by atoms with E-state index in [0.717, 1.165) is 43.0 Å². The Morgan fingerprint density at radius 1 is 1.07 bits per heavy atom. The number of aliphatic hydroxyl groups is 1. The molecule has 5 rings (SSSR count). The van der Waals surface area contributed by atoms with E-state index >= 15 is 0 Å². The van der Waals surface area contributed by atoms with Crippen molar-refractivity contribution in [1.29, 1.82) is 0 Å². The zero-order chi connectivity index (χ0) is 18.8. The fraction of sp³-hybridized carbons (Fsp3) is 0.542. The number of aliphatic hydroxyl groups excluding tert-OH is 1. The molecule has 2 fully saturated rings. The number of rotatable bonds is 1. The summed E-state index contributed by atoms with van der Waals surface area (Å²) in [6.07, 6.45) is 8.59. The van der Waals surface area contributed by atoms with E-state index in [2.05, 4.69) is 47.1 Å². The summed E-state index contributed by atoms with van der Waals surface area (Å²) in [5.41, 5.74) is 5.78. The SMILES string of the molecule is CC12CC(c3ccc(Br)cc3)C3=C4CCC(=O)C=C4CCC3C1CCC2O. The molecule has 0 bridgehead atoms. The van der Waals surface area contributed by atoms with Gasteiger partial charge in [0, 0.05) is 16.8 Å². The first-order valence-electron chi connectivity index (χ1n) is 10.4. The van der Waals surface area contributed by atoms with Gasteiger partial charge in [0.2, 0.25) is 0 Å². The van der Waals surface area contributed by atoms with E-state index in [1.54, 1.807) is 5.57 Å². The van der Waals surface area contributed by atoms with Crippen LogP contribution in [0.15, 0.2) is 51.5 Å². The molecular weight excluding hydrogens is 400 g/mol. The summed E-state index contributed by atoms with van der Waals surface area (Å²) in [6.45, 7) is 2.33. The lowest BCUT2D eigenvalue weighted by Crippen LogP contribution is -2.45. The van der Waals surface area contributed by atoms with Crippen molar-refractivity contribution in [2.75, 3.05) is 0 Å². The Morgan fingerprint density at radius 3 is 2.63 bits per heavy atom. The van der Waals surface area contributed by atoms with E-state index in [9.17, 15) is 9.90 Å². The second-order valence-electron chi connectivity index (χ2n) is 9.23. The number of allylic oxidation sites excluding steroid dienone is 4. The van der Waals surface area contributed by atoms with Gasteiger partial charge in [0.25, 0.3) is 0 Å². The van der Waals surface area contributed by atoms with Crippen LogP contribution in [0.4, 0.5) is 0 Å². The van der Waals surface area contributed by atoms with Crippen molar-refractivity contribution in [3.05, 3.63) is 57.1 Å². The summed E-state index contributed by atoms with van der Waals surface area (Å²) >= 11 is 3.57. The van der Waals surface area contributed by atoms with Gasteiger partial charge >= 0.3 is 0 Å². The van der Waals surface area contributed by atoms with Gasteiger partial charge < -0.3 is 5.11 Å². The molecule has 5 unspecified atom stereocenters. The van der Waals surface area contributed by atoms with Gasteiger partial charge in [0.1, 0.15) is 0 Å². The first-order chi connectivity index (χ1) is 13.0. The molecule has 2 nitrogen and oxygen atoms in total. The fourth-order valence-electron chi connectivity index (χ4n) is 6.63. The van der Waals surface area contributed by atoms with Gasteiger partial charge in [-0.15, -0.1) is 0 Å². The van der Waals surface area contributed by atoms with Crippen LogP contribution >= 0.6 is 15.9 Å². The minimum absolute atomic E-state index is 0.0121. The van der Waals surface area contributed by atoms with Gasteiger partial charge in [0.15, 0.2) is 5.78 Å². The molecule has 0 aliphatic heterocycles. The quantitative estimate of drug-likeness (QED) is 0.624.